The second-order valence-electron chi connectivity index (χ2n) is 6.79. The van der Waals surface area contributed by atoms with E-state index in [1.807, 2.05) is 0 Å². The number of carbonyl (C=O) groups is 3. The Morgan fingerprint density at radius 2 is 1.82 bits per heavy atom. The van der Waals surface area contributed by atoms with Crippen molar-refractivity contribution in [3.05, 3.63) is 58.6 Å². The van der Waals surface area contributed by atoms with Crippen LogP contribution in [0.25, 0.3) is 0 Å². The quantitative estimate of drug-likeness (QED) is 0.720. The van der Waals surface area contributed by atoms with Crippen LogP contribution in [0.5, 0.6) is 5.75 Å². The highest BCUT2D eigenvalue weighted by Crippen LogP contribution is 2.43. The first-order valence-corrected chi connectivity index (χ1v) is 9.18. The summed E-state index contributed by atoms with van der Waals surface area (Å²) in [6.07, 6.45) is -0.316. The third-order valence-corrected chi connectivity index (χ3v) is 4.88. The number of hydrogen-bond donors (Lipinski definition) is 1. The number of benzene rings is 2. The highest BCUT2D eigenvalue weighted by atomic mass is 35.5. The van der Waals surface area contributed by atoms with Crippen molar-refractivity contribution in [2.45, 2.75) is 25.9 Å². The molecular formula is C21H20ClNO5. The Bertz CT molecular complexity index is 940. The second kappa shape index (κ2) is 7.73. The van der Waals surface area contributed by atoms with E-state index in [9.17, 15) is 19.5 Å². The van der Waals surface area contributed by atoms with Gasteiger partial charge in [0.05, 0.1) is 12.2 Å². The molecule has 0 saturated heterocycles. The second-order valence-corrected chi connectivity index (χ2v) is 7.22. The topological polar surface area (TPSA) is 83.9 Å². The van der Waals surface area contributed by atoms with Crippen LogP contribution < -0.4 is 9.64 Å². The van der Waals surface area contributed by atoms with Crippen LogP contribution in [0.15, 0.2) is 42.5 Å². The molecule has 1 atom stereocenters. The van der Waals surface area contributed by atoms with Gasteiger partial charge >= 0.3 is 0 Å². The van der Waals surface area contributed by atoms with Crippen LogP contribution in [0.4, 0.5) is 5.69 Å². The Labute approximate surface area is 167 Å². The van der Waals surface area contributed by atoms with Gasteiger partial charge in [0, 0.05) is 22.6 Å². The molecule has 0 radical (unpaired) electrons. The van der Waals surface area contributed by atoms with Crippen molar-refractivity contribution >= 4 is 34.8 Å². The lowest BCUT2D eigenvalue weighted by atomic mass is 9.90. The molecule has 0 spiro atoms. The molecule has 1 N–H and O–H groups in total. The van der Waals surface area contributed by atoms with E-state index in [0.29, 0.717) is 27.6 Å². The minimum Gasteiger partial charge on any atom is -0.492 e. The first kappa shape index (κ1) is 20.0. The maximum atomic E-state index is 12.9. The number of rotatable bonds is 7. The molecule has 1 heterocycles. The van der Waals surface area contributed by atoms with Gasteiger partial charge in [-0.15, -0.1) is 0 Å². The van der Waals surface area contributed by atoms with E-state index in [1.165, 1.54) is 24.8 Å². The zero-order valence-corrected chi connectivity index (χ0v) is 16.3. The zero-order chi connectivity index (χ0) is 20.5. The number of Topliss-reactive ketones (excluding diaryl/α,β-unsaturated/α-hetero) is 2. The number of hydrogen-bond acceptors (Lipinski definition) is 5. The lowest BCUT2D eigenvalue weighted by Crippen LogP contribution is -2.43. The molecule has 0 aliphatic carbocycles. The highest BCUT2D eigenvalue weighted by Gasteiger charge is 2.50. The molecule has 1 aliphatic rings. The largest absolute Gasteiger partial charge is 0.492 e. The van der Waals surface area contributed by atoms with E-state index in [2.05, 4.69) is 0 Å². The van der Waals surface area contributed by atoms with Gasteiger partial charge in [-0.05, 0) is 56.3 Å². The van der Waals surface area contributed by atoms with Crippen molar-refractivity contribution in [2.24, 2.45) is 0 Å². The third-order valence-electron chi connectivity index (χ3n) is 4.64. The molecular weight excluding hydrogens is 382 g/mol. The molecule has 28 heavy (non-hydrogen) atoms. The Kier molecular flexibility index (Phi) is 5.54. The summed E-state index contributed by atoms with van der Waals surface area (Å²) in [4.78, 5) is 37.2. The fraction of sp³-hybridized carbons (Fsp3) is 0.286. The van der Waals surface area contributed by atoms with Gasteiger partial charge in [0.1, 0.15) is 18.1 Å². The molecule has 146 valence electrons. The normalized spacial score (nSPS) is 18.1. The summed E-state index contributed by atoms with van der Waals surface area (Å²) in [6.45, 7) is 3.16. The monoisotopic (exact) mass is 401 g/mol. The third kappa shape index (κ3) is 3.79. The number of amides is 1. The highest BCUT2D eigenvalue weighted by molar-refractivity contribution is 6.31. The summed E-state index contributed by atoms with van der Waals surface area (Å²) in [5.74, 6) is -0.345. The molecule has 2 aromatic rings. The molecule has 7 heteroatoms. The molecule has 0 saturated carbocycles. The van der Waals surface area contributed by atoms with Gasteiger partial charge in [-0.25, -0.2) is 0 Å². The van der Waals surface area contributed by atoms with Crippen LogP contribution in [0.3, 0.4) is 0 Å². The van der Waals surface area contributed by atoms with E-state index in [-0.39, 0.29) is 31.1 Å². The van der Waals surface area contributed by atoms with E-state index in [0.717, 1.165) is 0 Å². The standard InChI is InChI=1S/C21H20ClNO5/c1-13(24)12-21(27)18-11-16(22)5-8-19(18)23(20(21)26)9-10-28-17-6-3-15(4-7-17)14(2)25/h3-8,11,27H,9-10,12H2,1-2H3. The van der Waals surface area contributed by atoms with Gasteiger partial charge in [-0.1, -0.05) is 11.6 Å². The van der Waals surface area contributed by atoms with Gasteiger partial charge in [0.15, 0.2) is 11.4 Å². The predicted octanol–water partition coefficient (Wildman–Crippen LogP) is 3.13. The molecule has 0 aromatic heterocycles. The van der Waals surface area contributed by atoms with Crippen LogP contribution in [0.2, 0.25) is 5.02 Å². The lowest BCUT2D eigenvalue weighted by molar-refractivity contribution is -0.141. The van der Waals surface area contributed by atoms with Crippen LogP contribution in [-0.4, -0.2) is 35.7 Å². The van der Waals surface area contributed by atoms with Crippen LogP contribution in [-0.2, 0) is 15.2 Å². The zero-order valence-electron chi connectivity index (χ0n) is 15.6. The first-order valence-electron chi connectivity index (χ1n) is 8.80. The Morgan fingerprint density at radius 1 is 1.14 bits per heavy atom. The molecule has 3 rings (SSSR count). The van der Waals surface area contributed by atoms with E-state index >= 15 is 0 Å². The number of anilines is 1. The van der Waals surface area contributed by atoms with Gasteiger partial charge in [-0.2, -0.15) is 0 Å². The van der Waals surface area contributed by atoms with E-state index in [4.69, 9.17) is 16.3 Å². The molecule has 2 aromatic carbocycles. The van der Waals surface area contributed by atoms with Gasteiger partial charge in [0.25, 0.3) is 5.91 Å². The van der Waals surface area contributed by atoms with Crippen molar-refractivity contribution < 1.29 is 24.2 Å². The Morgan fingerprint density at radius 3 is 2.43 bits per heavy atom. The summed E-state index contributed by atoms with van der Waals surface area (Å²) >= 11 is 6.03. The number of ketones is 2. The smallest absolute Gasteiger partial charge is 0.264 e. The predicted molar refractivity (Wildman–Crippen MR) is 105 cm³/mol. The van der Waals surface area contributed by atoms with Crippen molar-refractivity contribution in [1.29, 1.82) is 0 Å². The number of ether oxygens (including phenoxy) is 1. The Balaban J connectivity index is 1.76. The molecule has 0 bridgehead atoms. The summed E-state index contributed by atoms with van der Waals surface area (Å²) < 4.78 is 5.66. The average Bonchev–Trinajstić information content (AvgIpc) is 2.83. The molecule has 1 amide bonds. The summed E-state index contributed by atoms with van der Waals surface area (Å²) in [6, 6.07) is 11.5. The molecule has 1 aliphatic heterocycles. The van der Waals surface area contributed by atoms with Gasteiger partial charge in [-0.3, -0.25) is 14.4 Å². The maximum absolute atomic E-state index is 12.9. The van der Waals surface area contributed by atoms with Crippen LogP contribution >= 0.6 is 11.6 Å². The molecule has 0 fully saturated rings. The summed E-state index contributed by atoms with van der Waals surface area (Å²) in [7, 11) is 0. The summed E-state index contributed by atoms with van der Waals surface area (Å²) in [5, 5.41) is 11.3. The number of aliphatic hydroxyl groups is 1. The molecule has 1 unspecified atom stereocenters. The average molecular weight is 402 g/mol. The van der Waals surface area contributed by atoms with Gasteiger partial charge in [0.2, 0.25) is 0 Å². The van der Waals surface area contributed by atoms with Crippen molar-refractivity contribution in [3.8, 4) is 5.75 Å². The van der Waals surface area contributed by atoms with Crippen LogP contribution in [0, 0.1) is 0 Å². The first-order chi connectivity index (χ1) is 13.2. The van der Waals surface area contributed by atoms with E-state index < -0.39 is 11.5 Å². The van der Waals surface area contributed by atoms with Gasteiger partial charge < -0.3 is 14.7 Å². The SMILES string of the molecule is CC(=O)CC1(O)C(=O)N(CCOc2ccc(C(C)=O)cc2)c2ccc(Cl)cc21. The maximum Gasteiger partial charge on any atom is 0.264 e. The number of nitrogens with zero attached hydrogens (tertiary/aromatic N) is 1. The minimum atomic E-state index is -1.92. The number of halogens is 1. The van der Waals surface area contributed by atoms with Crippen molar-refractivity contribution in [2.75, 3.05) is 18.1 Å². The Hall–Kier alpha value is -2.70. The number of fused-ring (bicyclic) bond motifs is 1. The fourth-order valence-corrected chi connectivity index (χ4v) is 3.49. The number of carbonyl (C=O) groups excluding carboxylic acids is 3. The summed E-state index contributed by atoms with van der Waals surface area (Å²) in [5.41, 5.74) is -0.503. The van der Waals surface area contributed by atoms with Crippen LogP contribution in [0.1, 0.15) is 36.2 Å². The van der Waals surface area contributed by atoms with E-state index in [1.54, 1.807) is 36.4 Å². The fourth-order valence-electron chi connectivity index (χ4n) is 3.32. The van der Waals surface area contributed by atoms with Crippen molar-refractivity contribution in [3.63, 3.8) is 0 Å². The van der Waals surface area contributed by atoms with Crippen molar-refractivity contribution in [1.82, 2.24) is 0 Å². The lowest BCUT2D eigenvalue weighted by Gasteiger charge is -2.22. The molecule has 6 nitrogen and oxygen atoms in total. The minimum absolute atomic E-state index is 0.0331.